The zero-order valence-electron chi connectivity index (χ0n) is 11.6. The van der Waals surface area contributed by atoms with Crippen molar-refractivity contribution in [1.29, 1.82) is 0 Å². The molecule has 108 valence electrons. The normalized spacial score (nSPS) is 11.0. The molecule has 4 nitrogen and oxygen atoms in total. The maximum absolute atomic E-state index is 5.72. The van der Waals surface area contributed by atoms with Crippen molar-refractivity contribution in [2.24, 2.45) is 16.6 Å². The largest absolute Gasteiger partial charge is 0.492 e. The van der Waals surface area contributed by atoms with E-state index in [9.17, 15) is 0 Å². The molecule has 0 saturated carbocycles. The summed E-state index contributed by atoms with van der Waals surface area (Å²) < 4.78 is 5.53. The van der Waals surface area contributed by atoms with Gasteiger partial charge < -0.3 is 15.8 Å². The summed E-state index contributed by atoms with van der Waals surface area (Å²) in [5.74, 6) is 2.02. The van der Waals surface area contributed by atoms with Crippen molar-refractivity contribution in [1.82, 2.24) is 5.32 Å². The summed E-state index contributed by atoms with van der Waals surface area (Å²) in [6, 6.07) is 9.72. The van der Waals surface area contributed by atoms with Crippen LogP contribution in [0.4, 0.5) is 0 Å². The summed E-state index contributed by atoms with van der Waals surface area (Å²) in [6.45, 7) is 6.35. The molecule has 0 fully saturated rings. The van der Waals surface area contributed by atoms with Gasteiger partial charge in [0, 0.05) is 6.54 Å². The Morgan fingerprint density at radius 3 is 2.63 bits per heavy atom. The van der Waals surface area contributed by atoms with Gasteiger partial charge in [0.15, 0.2) is 5.96 Å². The predicted molar refractivity (Wildman–Crippen MR) is 91.3 cm³/mol. The number of benzene rings is 1. The third-order valence-electron chi connectivity index (χ3n) is 2.41. The number of guanidine groups is 1. The molecule has 0 atom stereocenters. The summed E-state index contributed by atoms with van der Waals surface area (Å²) in [5, 5.41) is 3.03. The van der Waals surface area contributed by atoms with Gasteiger partial charge in [-0.2, -0.15) is 0 Å². The fraction of sp³-hybridized carbons (Fsp3) is 0.500. The van der Waals surface area contributed by atoms with Crippen LogP contribution in [0, 0.1) is 5.92 Å². The van der Waals surface area contributed by atoms with Crippen molar-refractivity contribution in [3.63, 3.8) is 0 Å². The SMILES string of the molecule is CC(C)CCN=C(N)NCCOc1ccccc1.I. The average molecular weight is 377 g/mol. The summed E-state index contributed by atoms with van der Waals surface area (Å²) >= 11 is 0. The molecule has 0 saturated heterocycles. The third kappa shape index (κ3) is 9.58. The topological polar surface area (TPSA) is 59.6 Å². The van der Waals surface area contributed by atoms with Crippen LogP contribution in [0.1, 0.15) is 20.3 Å². The first kappa shape index (κ1) is 18.0. The third-order valence-corrected chi connectivity index (χ3v) is 2.41. The molecule has 0 radical (unpaired) electrons. The van der Waals surface area contributed by atoms with E-state index < -0.39 is 0 Å². The summed E-state index contributed by atoms with van der Waals surface area (Å²) in [7, 11) is 0. The molecule has 0 spiro atoms. The number of hydrogen-bond acceptors (Lipinski definition) is 2. The van der Waals surface area contributed by atoms with E-state index in [0.29, 0.717) is 25.0 Å². The standard InChI is InChI=1S/C14H23N3O.HI/c1-12(2)8-9-16-14(15)17-10-11-18-13-6-4-3-5-7-13;/h3-7,12H,8-11H2,1-2H3,(H3,15,16,17);1H. The molecule has 19 heavy (non-hydrogen) atoms. The lowest BCUT2D eigenvalue weighted by atomic mass is 10.1. The van der Waals surface area contributed by atoms with Crippen molar-refractivity contribution >= 4 is 29.9 Å². The van der Waals surface area contributed by atoms with Gasteiger partial charge in [-0.25, -0.2) is 0 Å². The van der Waals surface area contributed by atoms with Gasteiger partial charge >= 0.3 is 0 Å². The Hall–Kier alpha value is -0.980. The molecule has 5 heteroatoms. The van der Waals surface area contributed by atoms with Crippen LogP contribution in [0.15, 0.2) is 35.3 Å². The molecule has 1 rings (SSSR count). The van der Waals surface area contributed by atoms with Crippen LogP contribution < -0.4 is 15.8 Å². The second-order valence-electron chi connectivity index (χ2n) is 4.54. The molecule has 0 amide bonds. The van der Waals surface area contributed by atoms with Crippen LogP contribution in [0.2, 0.25) is 0 Å². The minimum Gasteiger partial charge on any atom is -0.492 e. The first-order valence-corrected chi connectivity index (χ1v) is 6.40. The maximum atomic E-state index is 5.72. The number of hydrogen-bond donors (Lipinski definition) is 2. The van der Waals surface area contributed by atoms with Crippen molar-refractivity contribution in [3.05, 3.63) is 30.3 Å². The molecule has 1 aromatic carbocycles. The van der Waals surface area contributed by atoms with E-state index in [2.05, 4.69) is 24.2 Å². The quantitative estimate of drug-likeness (QED) is 0.332. The van der Waals surface area contributed by atoms with Crippen molar-refractivity contribution in [2.75, 3.05) is 19.7 Å². The van der Waals surface area contributed by atoms with Gasteiger partial charge in [-0.1, -0.05) is 32.0 Å². The fourth-order valence-corrected chi connectivity index (χ4v) is 1.36. The summed E-state index contributed by atoms with van der Waals surface area (Å²) in [4.78, 5) is 4.24. The molecular weight excluding hydrogens is 353 g/mol. The van der Waals surface area contributed by atoms with Crippen molar-refractivity contribution in [2.45, 2.75) is 20.3 Å². The number of nitrogens with zero attached hydrogens (tertiary/aromatic N) is 1. The van der Waals surface area contributed by atoms with Crippen molar-refractivity contribution in [3.8, 4) is 5.75 Å². The van der Waals surface area contributed by atoms with E-state index in [1.54, 1.807) is 0 Å². The van der Waals surface area contributed by atoms with Crippen LogP contribution in [-0.2, 0) is 0 Å². The first-order valence-electron chi connectivity index (χ1n) is 6.40. The Morgan fingerprint density at radius 2 is 2.00 bits per heavy atom. The van der Waals surface area contributed by atoms with Gasteiger partial charge in [-0.3, -0.25) is 4.99 Å². The molecule has 0 aliphatic carbocycles. The van der Waals surface area contributed by atoms with Crippen molar-refractivity contribution < 1.29 is 4.74 Å². The number of para-hydroxylation sites is 1. The summed E-state index contributed by atoms with van der Waals surface area (Å²) in [6.07, 6.45) is 1.06. The number of ether oxygens (including phenoxy) is 1. The minimum atomic E-state index is 0. The Labute approximate surface area is 132 Å². The minimum absolute atomic E-state index is 0. The molecule has 0 aliphatic rings. The molecule has 3 N–H and O–H groups in total. The van der Waals surface area contributed by atoms with Crippen LogP contribution in [0.5, 0.6) is 5.75 Å². The smallest absolute Gasteiger partial charge is 0.188 e. The number of halogens is 1. The van der Waals surface area contributed by atoms with Gasteiger partial charge in [0.05, 0.1) is 6.54 Å². The van der Waals surface area contributed by atoms with Gasteiger partial charge in [0.1, 0.15) is 12.4 Å². The van der Waals surface area contributed by atoms with Gasteiger partial charge in [0.2, 0.25) is 0 Å². The number of nitrogens with one attached hydrogen (secondary N) is 1. The average Bonchev–Trinajstić information content (AvgIpc) is 2.35. The lowest BCUT2D eigenvalue weighted by Gasteiger charge is -2.08. The molecule has 1 aromatic rings. The molecule has 0 unspecified atom stereocenters. The van der Waals surface area contributed by atoms with E-state index in [-0.39, 0.29) is 24.0 Å². The Bertz CT molecular complexity index is 355. The van der Waals surface area contributed by atoms with Crippen LogP contribution in [0.25, 0.3) is 0 Å². The lowest BCUT2D eigenvalue weighted by Crippen LogP contribution is -2.34. The van der Waals surface area contributed by atoms with Crippen LogP contribution in [0.3, 0.4) is 0 Å². The fourth-order valence-electron chi connectivity index (χ4n) is 1.36. The van der Waals surface area contributed by atoms with Gasteiger partial charge in [-0.05, 0) is 24.5 Å². The molecule has 0 aliphatic heterocycles. The zero-order valence-corrected chi connectivity index (χ0v) is 14.0. The van der Waals surface area contributed by atoms with E-state index in [1.807, 2.05) is 30.3 Å². The van der Waals surface area contributed by atoms with E-state index in [1.165, 1.54) is 0 Å². The molecule has 0 aromatic heterocycles. The van der Waals surface area contributed by atoms with Gasteiger partial charge in [-0.15, -0.1) is 24.0 Å². The number of aliphatic imine (C=N–C) groups is 1. The van der Waals surface area contributed by atoms with E-state index in [4.69, 9.17) is 10.5 Å². The Morgan fingerprint density at radius 1 is 1.32 bits per heavy atom. The second kappa shape index (κ2) is 10.9. The van der Waals surface area contributed by atoms with Crippen LogP contribution in [-0.4, -0.2) is 25.7 Å². The highest BCUT2D eigenvalue weighted by Crippen LogP contribution is 2.07. The predicted octanol–water partition coefficient (Wildman–Crippen LogP) is 2.63. The van der Waals surface area contributed by atoms with E-state index in [0.717, 1.165) is 18.7 Å². The van der Waals surface area contributed by atoms with Gasteiger partial charge in [0.25, 0.3) is 0 Å². The van der Waals surface area contributed by atoms with E-state index >= 15 is 0 Å². The maximum Gasteiger partial charge on any atom is 0.188 e. The highest BCUT2D eigenvalue weighted by molar-refractivity contribution is 14.0. The molecule has 0 bridgehead atoms. The first-order chi connectivity index (χ1) is 8.68. The highest BCUT2D eigenvalue weighted by Gasteiger charge is 1.95. The van der Waals surface area contributed by atoms with Crippen LogP contribution >= 0.6 is 24.0 Å². The Kier molecular flexibility index (Phi) is 10.3. The zero-order chi connectivity index (χ0) is 13.2. The summed E-state index contributed by atoms with van der Waals surface area (Å²) in [5.41, 5.74) is 5.72. The monoisotopic (exact) mass is 377 g/mol. The number of rotatable bonds is 7. The lowest BCUT2D eigenvalue weighted by molar-refractivity contribution is 0.322. The number of nitrogens with two attached hydrogens (primary N) is 1. The molecular formula is C14H24IN3O. The molecule has 0 heterocycles. The second-order valence-corrected chi connectivity index (χ2v) is 4.54. The Balaban J connectivity index is 0.00000324. The highest BCUT2D eigenvalue weighted by atomic mass is 127.